The van der Waals surface area contributed by atoms with Gasteiger partial charge in [-0.05, 0) is 6.92 Å². The second-order valence-electron chi connectivity index (χ2n) is 2.86. The van der Waals surface area contributed by atoms with E-state index in [-0.39, 0.29) is 0 Å². The van der Waals surface area contributed by atoms with E-state index in [0.717, 1.165) is 16.5 Å². The summed E-state index contributed by atoms with van der Waals surface area (Å²) < 4.78 is 0. The molecule has 1 aromatic carbocycles. The van der Waals surface area contributed by atoms with Gasteiger partial charge in [0.2, 0.25) is 0 Å². The van der Waals surface area contributed by atoms with E-state index >= 15 is 0 Å². The van der Waals surface area contributed by atoms with E-state index in [2.05, 4.69) is 10.2 Å². The van der Waals surface area contributed by atoms with Crippen LogP contribution >= 0.6 is 0 Å². The maximum atomic E-state index is 9.39. The lowest BCUT2D eigenvalue weighted by Crippen LogP contribution is -1.91. The average Bonchev–Trinajstić information content (AvgIpc) is 2.49. The summed E-state index contributed by atoms with van der Waals surface area (Å²) in [5.41, 5.74) is 1.82. The number of rotatable bonds is 1. The van der Waals surface area contributed by atoms with Crippen molar-refractivity contribution < 1.29 is 5.11 Å². The third kappa shape index (κ3) is 0.987. The fourth-order valence-electron chi connectivity index (χ4n) is 1.34. The van der Waals surface area contributed by atoms with Crippen LogP contribution < -0.4 is 0 Å². The fourth-order valence-corrected chi connectivity index (χ4v) is 1.34. The molecule has 3 nitrogen and oxygen atoms in total. The Balaban J connectivity index is 2.73. The second kappa shape index (κ2) is 2.60. The highest BCUT2D eigenvalue weighted by molar-refractivity contribution is 5.81. The smallest absolute Gasteiger partial charge is 0.0782 e. The van der Waals surface area contributed by atoms with Crippen molar-refractivity contribution in [1.29, 1.82) is 0 Å². The molecule has 2 aromatic rings. The molecule has 1 aromatic heterocycles. The second-order valence-corrected chi connectivity index (χ2v) is 2.86. The number of hydrogen-bond donors (Lipinski definition) is 2. The molecule has 1 heterocycles. The molecule has 2 N–H and O–H groups in total. The first-order chi connectivity index (χ1) is 5.79. The Hall–Kier alpha value is -1.35. The minimum Gasteiger partial charge on any atom is -0.389 e. The number of H-pyrrole nitrogens is 1. The summed E-state index contributed by atoms with van der Waals surface area (Å²) >= 11 is 0. The average molecular weight is 162 g/mol. The lowest BCUT2D eigenvalue weighted by atomic mass is 10.1. The number of aromatic nitrogens is 2. The molecule has 0 bridgehead atoms. The van der Waals surface area contributed by atoms with Gasteiger partial charge in [-0.25, -0.2) is 0 Å². The Morgan fingerprint density at radius 2 is 2.33 bits per heavy atom. The van der Waals surface area contributed by atoms with E-state index in [9.17, 15) is 5.11 Å². The first kappa shape index (κ1) is 7.31. The summed E-state index contributed by atoms with van der Waals surface area (Å²) in [6.07, 6.45) is 1.30. The van der Waals surface area contributed by atoms with Crippen LogP contribution in [0.1, 0.15) is 18.6 Å². The molecule has 0 aliphatic rings. The van der Waals surface area contributed by atoms with Crippen LogP contribution in [0.25, 0.3) is 10.9 Å². The molecule has 62 valence electrons. The highest BCUT2D eigenvalue weighted by Gasteiger charge is 2.06. The van der Waals surface area contributed by atoms with Gasteiger partial charge in [-0.3, -0.25) is 5.10 Å². The van der Waals surface area contributed by atoms with Crippen molar-refractivity contribution in [3.63, 3.8) is 0 Å². The number of hydrogen-bond acceptors (Lipinski definition) is 2. The topological polar surface area (TPSA) is 48.9 Å². The van der Waals surface area contributed by atoms with Gasteiger partial charge in [-0.15, -0.1) is 0 Å². The van der Waals surface area contributed by atoms with E-state index < -0.39 is 6.10 Å². The highest BCUT2D eigenvalue weighted by Crippen LogP contribution is 2.21. The number of para-hydroxylation sites is 1. The highest BCUT2D eigenvalue weighted by atomic mass is 16.3. The van der Waals surface area contributed by atoms with Crippen molar-refractivity contribution in [3.8, 4) is 0 Å². The van der Waals surface area contributed by atoms with Gasteiger partial charge in [-0.2, -0.15) is 5.10 Å². The number of nitrogens with zero attached hydrogens (tertiary/aromatic N) is 1. The van der Waals surface area contributed by atoms with Gasteiger partial charge in [0.25, 0.3) is 0 Å². The molecular weight excluding hydrogens is 152 g/mol. The molecule has 3 heteroatoms. The SMILES string of the molecule is C[C@@H](O)c1cccc2cn[nH]c12. The van der Waals surface area contributed by atoms with Crippen LogP contribution in [0, 0.1) is 0 Å². The lowest BCUT2D eigenvalue weighted by molar-refractivity contribution is 0.200. The maximum absolute atomic E-state index is 9.39. The molecule has 0 spiro atoms. The van der Waals surface area contributed by atoms with Crippen molar-refractivity contribution in [2.75, 3.05) is 0 Å². The number of aromatic amines is 1. The number of aliphatic hydroxyl groups excluding tert-OH is 1. The van der Waals surface area contributed by atoms with Crippen LogP contribution in [-0.4, -0.2) is 15.3 Å². The largest absolute Gasteiger partial charge is 0.389 e. The van der Waals surface area contributed by atoms with Crippen LogP contribution in [0.5, 0.6) is 0 Å². The number of nitrogens with one attached hydrogen (secondary N) is 1. The van der Waals surface area contributed by atoms with E-state index in [1.807, 2.05) is 18.2 Å². The molecule has 0 fully saturated rings. The molecule has 0 aliphatic heterocycles. The Labute approximate surface area is 70.0 Å². The number of aliphatic hydroxyl groups is 1. The molecular formula is C9H10N2O. The van der Waals surface area contributed by atoms with Gasteiger partial charge < -0.3 is 5.11 Å². The summed E-state index contributed by atoms with van der Waals surface area (Å²) in [6, 6.07) is 5.77. The zero-order chi connectivity index (χ0) is 8.55. The predicted molar refractivity (Wildman–Crippen MR) is 46.7 cm³/mol. The van der Waals surface area contributed by atoms with Crippen LogP contribution in [0.15, 0.2) is 24.4 Å². The van der Waals surface area contributed by atoms with E-state index in [4.69, 9.17) is 0 Å². The van der Waals surface area contributed by atoms with Crippen molar-refractivity contribution in [2.45, 2.75) is 13.0 Å². The quantitative estimate of drug-likeness (QED) is 0.669. The molecule has 0 saturated carbocycles. The molecule has 12 heavy (non-hydrogen) atoms. The summed E-state index contributed by atoms with van der Waals surface area (Å²) in [4.78, 5) is 0. The van der Waals surface area contributed by atoms with Crippen LogP contribution in [-0.2, 0) is 0 Å². The summed E-state index contributed by atoms with van der Waals surface area (Å²) in [7, 11) is 0. The first-order valence-electron chi connectivity index (χ1n) is 3.89. The molecule has 0 radical (unpaired) electrons. The number of fused-ring (bicyclic) bond motifs is 1. The van der Waals surface area contributed by atoms with E-state index in [0.29, 0.717) is 0 Å². The van der Waals surface area contributed by atoms with Crippen LogP contribution in [0.4, 0.5) is 0 Å². The van der Waals surface area contributed by atoms with Crippen molar-refractivity contribution in [2.24, 2.45) is 0 Å². The molecule has 0 amide bonds. The first-order valence-corrected chi connectivity index (χ1v) is 3.89. The molecule has 1 atom stereocenters. The standard InChI is InChI=1S/C9H10N2O/c1-6(12)8-4-2-3-7-5-10-11-9(7)8/h2-6,12H,1H3,(H,10,11)/t6-/m1/s1. The Morgan fingerprint density at radius 1 is 1.50 bits per heavy atom. The molecule has 0 unspecified atom stereocenters. The van der Waals surface area contributed by atoms with Crippen molar-refractivity contribution in [3.05, 3.63) is 30.0 Å². The Kier molecular flexibility index (Phi) is 1.59. The van der Waals surface area contributed by atoms with Gasteiger partial charge in [-0.1, -0.05) is 18.2 Å². The van der Waals surface area contributed by atoms with Gasteiger partial charge in [0, 0.05) is 10.9 Å². The minimum atomic E-state index is -0.450. The van der Waals surface area contributed by atoms with Gasteiger partial charge in [0.15, 0.2) is 0 Å². The van der Waals surface area contributed by atoms with E-state index in [1.54, 1.807) is 13.1 Å². The lowest BCUT2D eigenvalue weighted by Gasteiger charge is -2.04. The van der Waals surface area contributed by atoms with Gasteiger partial charge >= 0.3 is 0 Å². The van der Waals surface area contributed by atoms with Gasteiger partial charge in [0.1, 0.15) is 0 Å². The minimum absolute atomic E-state index is 0.450. The molecule has 0 aliphatic carbocycles. The third-order valence-electron chi connectivity index (χ3n) is 1.96. The summed E-state index contributed by atoms with van der Waals surface area (Å²) in [5, 5.41) is 17.2. The van der Waals surface area contributed by atoms with Crippen molar-refractivity contribution >= 4 is 10.9 Å². The van der Waals surface area contributed by atoms with Gasteiger partial charge in [0.05, 0.1) is 17.8 Å². The monoisotopic (exact) mass is 162 g/mol. The third-order valence-corrected chi connectivity index (χ3v) is 1.96. The predicted octanol–water partition coefficient (Wildman–Crippen LogP) is 1.62. The zero-order valence-corrected chi connectivity index (χ0v) is 6.78. The summed E-state index contributed by atoms with van der Waals surface area (Å²) in [5.74, 6) is 0. The number of benzene rings is 1. The molecule has 0 saturated heterocycles. The van der Waals surface area contributed by atoms with Crippen LogP contribution in [0.2, 0.25) is 0 Å². The Bertz CT molecular complexity index is 392. The normalized spacial score (nSPS) is 13.5. The fraction of sp³-hybridized carbons (Fsp3) is 0.222. The summed E-state index contributed by atoms with van der Waals surface area (Å²) in [6.45, 7) is 1.75. The maximum Gasteiger partial charge on any atom is 0.0782 e. The molecule has 2 rings (SSSR count). The zero-order valence-electron chi connectivity index (χ0n) is 6.78. The van der Waals surface area contributed by atoms with Crippen molar-refractivity contribution in [1.82, 2.24) is 10.2 Å². The van der Waals surface area contributed by atoms with E-state index in [1.165, 1.54) is 0 Å². The van der Waals surface area contributed by atoms with Crippen LogP contribution in [0.3, 0.4) is 0 Å². The Morgan fingerprint density at radius 3 is 3.08 bits per heavy atom.